The quantitative estimate of drug-likeness (QED) is 0.285. The fourth-order valence-electron chi connectivity index (χ4n) is 3.61. The average Bonchev–Trinajstić information content (AvgIpc) is 3.33. The summed E-state index contributed by atoms with van der Waals surface area (Å²) in [6.07, 6.45) is 2.69. The van der Waals surface area contributed by atoms with Gasteiger partial charge in [-0.2, -0.15) is 8.78 Å². The molecule has 1 saturated heterocycles. The van der Waals surface area contributed by atoms with Crippen LogP contribution in [0.15, 0.2) is 29.3 Å². The van der Waals surface area contributed by atoms with E-state index >= 15 is 0 Å². The standard InChI is InChI=1S/C21H29F2N5OS.HI/c1-4-16-14(2)30-19(27-16)9-11-25-21(24-3)26-15-10-12-28(13-15)17-7-5-6-8-18(17)29-20(22)23;/h5-8,15,20H,4,9-13H2,1-3H3,(H2,24,25,26);1H. The number of hydrogen-bond acceptors (Lipinski definition) is 5. The van der Waals surface area contributed by atoms with E-state index in [0.29, 0.717) is 12.2 Å². The summed E-state index contributed by atoms with van der Waals surface area (Å²) in [4.78, 5) is 12.3. The molecule has 0 aliphatic carbocycles. The van der Waals surface area contributed by atoms with Gasteiger partial charge in [0.1, 0.15) is 5.75 Å². The maximum absolute atomic E-state index is 12.7. The van der Waals surface area contributed by atoms with Crippen LogP contribution in [0, 0.1) is 6.92 Å². The normalized spacial score (nSPS) is 16.4. The second-order valence-electron chi connectivity index (χ2n) is 7.14. The molecule has 1 aromatic heterocycles. The summed E-state index contributed by atoms with van der Waals surface area (Å²) in [5.74, 6) is 0.948. The molecule has 2 heterocycles. The maximum atomic E-state index is 12.7. The van der Waals surface area contributed by atoms with Gasteiger partial charge in [-0.25, -0.2) is 4.98 Å². The number of aliphatic imine (C=N–C) groups is 1. The first kappa shape index (κ1) is 25.6. The van der Waals surface area contributed by atoms with E-state index in [0.717, 1.165) is 43.3 Å². The van der Waals surface area contributed by atoms with Crippen molar-refractivity contribution in [2.75, 3.05) is 31.6 Å². The zero-order chi connectivity index (χ0) is 21.5. The molecule has 1 unspecified atom stereocenters. The Labute approximate surface area is 203 Å². The molecule has 0 amide bonds. The maximum Gasteiger partial charge on any atom is 0.387 e. The summed E-state index contributed by atoms with van der Waals surface area (Å²) in [5, 5.41) is 7.91. The highest BCUT2D eigenvalue weighted by molar-refractivity contribution is 14.0. The minimum Gasteiger partial charge on any atom is -0.433 e. The van der Waals surface area contributed by atoms with Crippen molar-refractivity contribution < 1.29 is 13.5 Å². The Balaban J connectivity index is 0.00000341. The first-order valence-corrected chi connectivity index (χ1v) is 11.0. The van der Waals surface area contributed by atoms with Gasteiger partial charge in [-0.05, 0) is 31.9 Å². The third-order valence-electron chi connectivity index (χ3n) is 5.08. The van der Waals surface area contributed by atoms with Crippen molar-refractivity contribution in [1.82, 2.24) is 15.6 Å². The Morgan fingerprint density at radius 2 is 2.16 bits per heavy atom. The number of hydrogen-bond donors (Lipinski definition) is 2. The number of nitrogens with zero attached hydrogens (tertiary/aromatic N) is 3. The highest BCUT2D eigenvalue weighted by Crippen LogP contribution is 2.31. The number of benzene rings is 1. The van der Waals surface area contributed by atoms with E-state index in [-0.39, 0.29) is 35.8 Å². The molecule has 2 aromatic rings. The third-order valence-corrected chi connectivity index (χ3v) is 6.15. The Morgan fingerprint density at radius 1 is 1.39 bits per heavy atom. The van der Waals surface area contributed by atoms with Crippen LogP contribution >= 0.6 is 35.3 Å². The number of halogens is 3. The summed E-state index contributed by atoms with van der Waals surface area (Å²) in [5.41, 5.74) is 1.87. The van der Waals surface area contributed by atoms with Crippen molar-refractivity contribution in [1.29, 1.82) is 0 Å². The van der Waals surface area contributed by atoms with Crippen molar-refractivity contribution >= 4 is 47.0 Å². The molecule has 3 rings (SSSR count). The summed E-state index contributed by atoms with van der Waals surface area (Å²) >= 11 is 1.75. The molecule has 1 fully saturated rings. The van der Waals surface area contributed by atoms with E-state index in [9.17, 15) is 8.78 Å². The van der Waals surface area contributed by atoms with E-state index in [1.807, 2.05) is 12.1 Å². The number of guanidine groups is 1. The monoisotopic (exact) mass is 565 g/mol. The lowest BCUT2D eigenvalue weighted by molar-refractivity contribution is -0.0495. The number of alkyl halides is 2. The highest BCUT2D eigenvalue weighted by atomic mass is 127. The fraction of sp³-hybridized carbons (Fsp3) is 0.524. The van der Waals surface area contributed by atoms with Crippen molar-refractivity contribution in [2.24, 2.45) is 4.99 Å². The predicted octanol–water partition coefficient (Wildman–Crippen LogP) is 4.22. The van der Waals surface area contributed by atoms with E-state index in [1.165, 1.54) is 10.6 Å². The van der Waals surface area contributed by atoms with E-state index in [4.69, 9.17) is 0 Å². The van der Waals surface area contributed by atoms with Crippen molar-refractivity contribution in [3.63, 3.8) is 0 Å². The van der Waals surface area contributed by atoms with E-state index < -0.39 is 6.61 Å². The largest absolute Gasteiger partial charge is 0.433 e. The minimum atomic E-state index is -2.83. The van der Waals surface area contributed by atoms with Crippen molar-refractivity contribution in [2.45, 2.75) is 45.8 Å². The second-order valence-corrected chi connectivity index (χ2v) is 8.42. The zero-order valence-corrected chi connectivity index (χ0v) is 21.2. The molecule has 0 spiro atoms. The molecule has 1 aliphatic rings. The smallest absolute Gasteiger partial charge is 0.387 e. The Kier molecular flexibility index (Phi) is 10.2. The molecular formula is C21H30F2IN5OS. The van der Waals surface area contributed by atoms with Gasteiger partial charge in [0.25, 0.3) is 0 Å². The zero-order valence-electron chi connectivity index (χ0n) is 18.0. The molecule has 0 bridgehead atoms. The Morgan fingerprint density at radius 3 is 2.84 bits per heavy atom. The first-order chi connectivity index (χ1) is 14.5. The minimum absolute atomic E-state index is 0. The van der Waals surface area contributed by atoms with Crippen LogP contribution in [0.3, 0.4) is 0 Å². The van der Waals surface area contributed by atoms with Crippen LogP contribution in [0.4, 0.5) is 14.5 Å². The molecule has 31 heavy (non-hydrogen) atoms. The van der Waals surface area contributed by atoms with Gasteiger partial charge < -0.3 is 20.3 Å². The molecule has 6 nitrogen and oxygen atoms in total. The lowest BCUT2D eigenvalue weighted by Crippen LogP contribution is -2.45. The number of rotatable bonds is 8. The lowest BCUT2D eigenvalue weighted by Gasteiger charge is -2.22. The molecule has 172 valence electrons. The topological polar surface area (TPSA) is 61.8 Å². The first-order valence-electron chi connectivity index (χ1n) is 10.2. The molecule has 1 aromatic carbocycles. The Bertz CT molecular complexity index is 864. The van der Waals surface area contributed by atoms with Gasteiger partial charge in [-0.3, -0.25) is 4.99 Å². The number of aryl methyl sites for hydroxylation is 2. The number of nitrogens with one attached hydrogen (secondary N) is 2. The van der Waals surface area contributed by atoms with Gasteiger partial charge in [-0.1, -0.05) is 19.1 Å². The van der Waals surface area contributed by atoms with Gasteiger partial charge in [-0.15, -0.1) is 35.3 Å². The lowest BCUT2D eigenvalue weighted by atomic mass is 10.2. The molecule has 1 atom stereocenters. The SMILES string of the molecule is CCc1nc(CCNC(=NC)NC2CCN(c3ccccc3OC(F)F)C2)sc1C.I. The number of para-hydroxylation sites is 2. The second kappa shape index (κ2) is 12.4. The van der Waals surface area contributed by atoms with E-state index in [1.54, 1.807) is 30.5 Å². The van der Waals surface area contributed by atoms with Crippen LogP contribution in [0.2, 0.25) is 0 Å². The Hall–Kier alpha value is -1.69. The van der Waals surface area contributed by atoms with Crippen molar-refractivity contribution in [3.05, 3.63) is 39.8 Å². The summed E-state index contributed by atoms with van der Waals surface area (Å²) in [6.45, 7) is 3.60. The van der Waals surface area contributed by atoms with Crippen LogP contribution in [0.1, 0.15) is 28.9 Å². The van der Waals surface area contributed by atoms with Crippen LogP contribution in [0.25, 0.3) is 0 Å². The number of anilines is 1. The fourth-order valence-corrected chi connectivity index (χ4v) is 4.63. The van der Waals surface area contributed by atoms with Crippen LogP contribution in [-0.4, -0.2) is 50.3 Å². The average molecular weight is 565 g/mol. The number of aromatic nitrogens is 1. The van der Waals surface area contributed by atoms with Crippen LogP contribution in [-0.2, 0) is 12.8 Å². The predicted molar refractivity (Wildman–Crippen MR) is 134 cm³/mol. The molecular weight excluding hydrogens is 535 g/mol. The third kappa shape index (κ3) is 7.16. The summed E-state index contributed by atoms with van der Waals surface area (Å²) in [6, 6.07) is 7.09. The molecule has 0 saturated carbocycles. The van der Waals surface area contributed by atoms with Crippen molar-refractivity contribution in [3.8, 4) is 5.75 Å². The summed E-state index contributed by atoms with van der Waals surface area (Å²) in [7, 11) is 1.75. The molecule has 2 N–H and O–H groups in total. The van der Waals surface area contributed by atoms with Crippen LogP contribution in [0.5, 0.6) is 5.75 Å². The van der Waals surface area contributed by atoms with Gasteiger partial charge in [0.2, 0.25) is 0 Å². The van der Waals surface area contributed by atoms with Gasteiger partial charge in [0.15, 0.2) is 5.96 Å². The molecule has 1 aliphatic heterocycles. The van der Waals surface area contributed by atoms with Gasteiger partial charge >= 0.3 is 6.61 Å². The van der Waals surface area contributed by atoms with Gasteiger partial charge in [0, 0.05) is 44.0 Å². The number of thiazole rings is 1. The molecule has 10 heteroatoms. The van der Waals surface area contributed by atoms with Gasteiger partial charge in [0.05, 0.1) is 16.4 Å². The molecule has 0 radical (unpaired) electrons. The highest BCUT2D eigenvalue weighted by Gasteiger charge is 2.26. The van der Waals surface area contributed by atoms with E-state index in [2.05, 4.69) is 44.1 Å². The summed E-state index contributed by atoms with van der Waals surface area (Å²) < 4.78 is 30.0. The number of ether oxygens (including phenoxy) is 1. The van der Waals surface area contributed by atoms with Crippen LogP contribution < -0.4 is 20.3 Å².